The lowest BCUT2D eigenvalue weighted by atomic mass is 10.0. The number of ether oxygens (including phenoxy) is 3. The maximum Gasteiger partial charge on any atom is 0.124 e. The SMILES string of the molecule is CNCc1ccc(OC)c(COCC2CCOCC2)c1. The third-order valence-corrected chi connectivity index (χ3v) is 3.68. The van der Waals surface area contributed by atoms with Crippen LogP contribution in [0.4, 0.5) is 0 Å². The molecule has 1 fully saturated rings. The van der Waals surface area contributed by atoms with Crippen molar-refractivity contribution >= 4 is 0 Å². The number of hydrogen-bond donors (Lipinski definition) is 1. The van der Waals surface area contributed by atoms with Crippen molar-refractivity contribution in [3.05, 3.63) is 29.3 Å². The van der Waals surface area contributed by atoms with Gasteiger partial charge in [0.25, 0.3) is 0 Å². The summed E-state index contributed by atoms with van der Waals surface area (Å²) in [5.41, 5.74) is 2.37. The van der Waals surface area contributed by atoms with E-state index in [-0.39, 0.29) is 0 Å². The van der Waals surface area contributed by atoms with Crippen LogP contribution in [-0.4, -0.2) is 34.0 Å². The molecular weight excluding hydrogens is 254 g/mol. The lowest BCUT2D eigenvalue weighted by Gasteiger charge is -2.22. The highest BCUT2D eigenvalue weighted by Crippen LogP contribution is 2.22. The first-order valence-corrected chi connectivity index (χ1v) is 7.29. The summed E-state index contributed by atoms with van der Waals surface area (Å²) in [6.07, 6.45) is 2.22. The van der Waals surface area contributed by atoms with Crippen LogP contribution in [0, 0.1) is 5.92 Å². The molecule has 1 aliphatic heterocycles. The van der Waals surface area contributed by atoms with Crippen LogP contribution in [0.5, 0.6) is 5.75 Å². The molecule has 0 spiro atoms. The average Bonchev–Trinajstić information content (AvgIpc) is 2.49. The Morgan fingerprint density at radius 2 is 2.10 bits per heavy atom. The van der Waals surface area contributed by atoms with Crippen molar-refractivity contribution in [2.75, 3.05) is 34.0 Å². The van der Waals surface area contributed by atoms with Crippen LogP contribution >= 0.6 is 0 Å². The van der Waals surface area contributed by atoms with Crippen molar-refractivity contribution in [1.82, 2.24) is 5.32 Å². The molecule has 0 atom stereocenters. The van der Waals surface area contributed by atoms with Gasteiger partial charge in [0.1, 0.15) is 5.75 Å². The van der Waals surface area contributed by atoms with E-state index < -0.39 is 0 Å². The summed E-state index contributed by atoms with van der Waals surface area (Å²) >= 11 is 0. The summed E-state index contributed by atoms with van der Waals surface area (Å²) in [6.45, 7) is 4.02. The topological polar surface area (TPSA) is 39.7 Å². The van der Waals surface area contributed by atoms with Crippen LogP contribution in [0.2, 0.25) is 0 Å². The van der Waals surface area contributed by atoms with Gasteiger partial charge in [-0.25, -0.2) is 0 Å². The van der Waals surface area contributed by atoms with Gasteiger partial charge in [-0.3, -0.25) is 0 Å². The molecule has 0 amide bonds. The molecule has 1 saturated heterocycles. The fourth-order valence-electron chi connectivity index (χ4n) is 2.51. The van der Waals surface area contributed by atoms with Crippen LogP contribution in [0.1, 0.15) is 24.0 Å². The van der Waals surface area contributed by atoms with Crippen LogP contribution < -0.4 is 10.1 Å². The summed E-state index contributed by atoms with van der Waals surface area (Å²) in [5, 5.41) is 3.16. The second kappa shape index (κ2) is 8.25. The molecule has 4 heteroatoms. The van der Waals surface area contributed by atoms with Crippen LogP contribution in [0.15, 0.2) is 18.2 Å². The quantitative estimate of drug-likeness (QED) is 0.832. The molecule has 0 unspecified atom stereocenters. The van der Waals surface area contributed by atoms with E-state index in [1.54, 1.807) is 7.11 Å². The Labute approximate surface area is 121 Å². The predicted octanol–water partition coefficient (Wildman–Crippen LogP) is 2.36. The van der Waals surface area contributed by atoms with Crippen molar-refractivity contribution < 1.29 is 14.2 Å². The second-order valence-corrected chi connectivity index (χ2v) is 5.25. The zero-order valence-corrected chi connectivity index (χ0v) is 12.5. The number of hydrogen-bond acceptors (Lipinski definition) is 4. The van der Waals surface area contributed by atoms with Crippen molar-refractivity contribution in [2.45, 2.75) is 26.0 Å². The van der Waals surface area contributed by atoms with Crippen LogP contribution in [0.3, 0.4) is 0 Å². The van der Waals surface area contributed by atoms with Gasteiger partial charge >= 0.3 is 0 Å². The molecule has 0 saturated carbocycles. The summed E-state index contributed by atoms with van der Waals surface area (Å²) in [5.74, 6) is 1.53. The molecule has 4 nitrogen and oxygen atoms in total. The van der Waals surface area contributed by atoms with E-state index in [4.69, 9.17) is 14.2 Å². The van der Waals surface area contributed by atoms with E-state index in [9.17, 15) is 0 Å². The van der Waals surface area contributed by atoms with E-state index in [1.165, 1.54) is 5.56 Å². The Bertz CT molecular complexity index is 403. The maximum atomic E-state index is 5.88. The number of methoxy groups -OCH3 is 1. The molecule has 1 aromatic carbocycles. The molecule has 1 aliphatic rings. The van der Waals surface area contributed by atoms with Gasteiger partial charge < -0.3 is 19.5 Å². The highest BCUT2D eigenvalue weighted by atomic mass is 16.5. The molecule has 1 heterocycles. The van der Waals surface area contributed by atoms with Gasteiger partial charge in [0.05, 0.1) is 20.3 Å². The van der Waals surface area contributed by atoms with Gasteiger partial charge in [0.15, 0.2) is 0 Å². The van der Waals surface area contributed by atoms with E-state index in [1.807, 2.05) is 13.1 Å². The normalized spacial score (nSPS) is 16.3. The van der Waals surface area contributed by atoms with E-state index in [2.05, 4.69) is 17.4 Å². The molecule has 0 radical (unpaired) electrons. The Morgan fingerprint density at radius 3 is 2.80 bits per heavy atom. The van der Waals surface area contributed by atoms with E-state index in [0.717, 1.165) is 50.5 Å². The van der Waals surface area contributed by atoms with Gasteiger partial charge in [-0.15, -0.1) is 0 Å². The Kier molecular flexibility index (Phi) is 6.30. The largest absolute Gasteiger partial charge is 0.496 e. The summed E-state index contributed by atoms with van der Waals surface area (Å²) in [4.78, 5) is 0. The van der Waals surface area contributed by atoms with Gasteiger partial charge in [-0.1, -0.05) is 6.07 Å². The molecule has 112 valence electrons. The first-order chi connectivity index (χ1) is 9.83. The maximum absolute atomic E-state index is 5.88. The molecular formula is C16H25NO3. The lowest BCUT2D eigenvalue weighted by molar-refractivity contribution is 0.0153. The number of rotatable bonds is 7. The van der Waals surface area contributed by atoms with E-state index >= 15 is 0 Å². The monoisotopic (exact) mass is 279 g/mol. The standard InChI is InChI=1S/C16H25NO3/c1-17-10-14-3-4-16(18-2)15(9-14)12-20-11-13-5-7-19-8-6-13/h3-4,9,13,17H,5-8,10-12H2,1-2H3. The van der Waals surface area contributed by atoms with E-state index in [0.29, 0.717) is 12.5 Å². The highest BCUT2D eigenvalue weighted by molar-refractivity contribution is 5.36. The molecule has 0 aromatic heterocycles. The molecule has 1 aromatic rings. The summed E-state index contributed by atoms with van der Waals surface area (Å²) in [6, 6.07) is 6.25. The highest BCUT2D eigenvalue weighted by Gasteiger charge is 2.14. The Morgan fingerprint density at radius 1 is 1.30 bits per heavy atom. The minimum absolute atomic E-state index is 0.609. The van der Waals surface area contributed by atoms with Gasteiger partial charge in [-0.2, -0.15) is 0 Å². The van der Waals surface area contributed by atoms with Crippen molar-refractivity contribution in [1.29, 1.82) is 0 Å². The third kappa shape index (κ3) is 4.47. The van der Waals surface area contributed by atoms with Crippen LogP contribution in [0.25, 0.3) is 0 Å². The number of nitrogens with one attached hydrogen (secondary N) is 1. The zero-order chi connectivity index (χ0) is 14.2. The van der Waals surface area contributed by atoms with Gasteiger partial charge in [0, 0.05) is 25.3 Å². The molecule has 2 rings (SSSR count). The molecule has 20 heavy (non-hydrogen) atoms. The first kappa shape index (κ1) is 15.3. The molecule has 1 N–H and O–H groups in total. The average molecular weight is 279 g/mol. The zero-order valence-electron chi connectivity index (χ0n) is 12.5. The smallest absolute Gasteiger partial charge is 0.124 e. The summed E-state index contributed by atoms with van der Waals surface area (Å²) < 4.78 is 16.6. The Hall–Kier alpha value is -1.10. The minimum atomic E-state index is 0.609. The number of benzene rings is 1. The fraction of sp³-hybridized carbons (Fsp3) is 0.625. The molecule has 0 bridgehead atoms. The first-order valence-electron chi connectivity index (χ1n) is 7.29. The fourth-order valence-corrected chi connectivity index (χ4v) is 2.51. The van der Waals surface area contributed by atoms with Gasteiger partial charge in [-0.05, 0) is 43.5 Å². The van der Waals surface area contributed by atoms with Gasteiger partial charge in [0.2, 0.25) is 0 Å². The van der Waals surface area contributed by atoms with Crippen LogP contribution in [-0.2, 0) is 22.6 Å². The Balaban J connectivity index is 1.87. The lowest BCUT2D eigenvalue weighted by Crippen LogP contribution is -2.20. The van der Waals surface area contributed by atoms with Crippen molar-refractivity contribution in [3.8, 4) is 5.75 Å². The second-order valence-electron chi connectivity index (χ2n) is 5.25. The minimum Gasteiger partial charge on any atom is -0.496 e. The van der Waals surface area contributed by atoms with Crippen molar-refractivity contribution in [2.24, 2.45) is 5.92 Å². The predicted molar refractivity (Wildman–Crippen MR) is 79.0 cm³/mol. The summed E-state index contributed by atoms with van der Waals surface area (Å²) in [7, 11) is 3.65. The molecule has 0 aliphatic carbocycles. The van der Waals surface area contributed by atoms with Crippen molar-refractivity contribution in [3.63, 3.8) is 0 Å². The third-order valence-electron chi connectivity index (χ3n) is 3.68.